The molecule has 4 fully saturated rings. The van der Waals surface area contributed by atoms with Crippen LogP contribution in [0.1, 0.15) is 133 Å². The van der Waals surface area contributed by atoms with Gasteiger partial charge in [0.15, 0.2) is 5.78 Å². The lowest BCUT2D eigenvalue weighted by Crippen LogP contribution is -2.69. The van der Waals surface area contributed by atoms with Crippen LogP contribution in [0, 0.1) is 56.7 Å². The maximum absolute atomic E-state index is 14.7. The van der Waals surface area contributed by atoms with Crippen molar-refractivity contribution in [1.82, 2.24) is 5.32 Å². The average molecular weight is 582 g/mol. The van der Waals surface area contributed by atoms with Crippen LogP contribution in [0.4, 0.5) is 0 Å². The van der Waals surface area contributed by atoms with E-state index >= 15 is 0 Å². The summed E-state index contributed by atoms with van der Waals surface area (Å²) >= 11 is 0. The van der Waals surface area contributed by atoms with Crippen molar-refractivity contribution in [3.63, 3.8) is 0 Å². The monoisotopic (exact) mass is 581 g/mol. The fourth-order valence-corrected chi connectivity index (χ4v) is 11.8. The minimum atomic E-state index is -0.865. The van der Waals surface area contributed by atoms with Crippen LogP contribution in [0.25, 0.3) is 0 Å². The Kier molecular flexibility index (Phi) is 8.14. The normalized spacial score (nSPS) is 48.1. The van der Waals surface area contributed by atoms with E-state index in [1.54, 1.807) is 0 Å². The summed E-state index contributed by atoms with van der Waals surface area (Å²) in [7, 11) is 0. The zero-order chi connectivity index (χ0) is 30.9. The number of fused-ring (bicyclic) bond motifs is 7. The maximum Gasteiger partial charge on any atom is 0.302 e. The lowest BCUT2D eigenvalue weighted by molar-refractivity contribution is -0.214. The molecule has 3 unspecified atom stereocenters. The van der Waals surface area contributed by atoms with Gasteiger partial charge in [-0.15, -0.1) is 0 Å². The molecule has 5 heteroatoms. The molecule has 0 heterocycles. The first-order valence-corrected chi connectivity index (χ1v) is 17.3. The highest BCUT2D eigenvalue weighted by Gasteiger charge is 2.72. The van der Waals surface area contributed by atoms with E-state index in [4.69, 9.17) is 4.74 Å². The molecule has 5 aliphatic carbocycles. The highest BCUT2D eigenvalue weighted by Crippen LogP contribution is 2.75. The Bertz CT molecular complexity index is 1140. The van der Waals surface area contributed by atoms with Crippen molar-refractivity contribution in [2.24, 2.45) is 56.7 Å². The van der Waals surface area contributed by atoms with Gasteiger partial charge < -0.3 is 10.1 Å². The molecule has 0 bridgehead atoms. The third-order valence-electron chi connectivity index (χ3n) is 14.6. The fourth-order valence-electron chi connectivity index (χ4n) is 11.8. The molecule has 1 N–H and O–H groups in total. The number of allylic oxidation sites excluding steroid dienone is 2. The highest BCUT2D eigenvalue weighted by molar-refractivity contribution is 5.96. The van der Waals surface area contributed by atoms with Gasteiger partial charge in [0.25, 0.3) is 0 Å². The van der Waals surface area contributed by atoms with Gasteiger partial charge in [0.1, 0.15) is 6.10 Å². The Hall–Kier alpha value is -1.65. The van der Waals surface area contributed by atoms with Gasteiger partial charge >= 0.3 is 5.97 Å². The Balaban J connectivity index is 1.56. The molecule has 0 spiro atoms. The second-order valence-corrected chi connectivity index (χ2v) is 16.7. The van der Waals surface area contributed by atoms with Crippen LogP contribution >= 0.6 is 0 Å². The lowest BCUT2D eigenvalue weighted by atomic mass is 9.33. The molecule has 11 atom stereocenters. The van der Waals surface area contributed by atoms with Gasteiger partial charge in [-0.2, -0.15) is 0 Å². The average Bonchev–Trinajstić information content (AvgIpc) is 2.91. The number of esters is 1. The number of ether oxygens (including phenoxy) is 1. The highest BCUT2D eigenvalue weighted by atomic mass is 16.5. The molecule has 236 valence electrons. The van der Waals surface area contributed by atoms with Crippen molar-refractivity contribution in [1.29, 1.82) is 0 Å². The molecule has 0 aromatic carbocycles. The van der Waals surface area contributed by atoms with Gasteiger partial charge in [-0.1, -0.05) is 66.9 Å². The summed E-state index contributed by atoms with van der Waals surface area (Å²) in [6.07, 6.45) is 12.9. The predicted octanol–water partition coefficient (Wildman–Crippen LogP) is 8.06. The first kappa shape index (κ1) is 31.8. The van der Waals surface area contributed by atoms with Gasteiger partial charge in [-0.25, -0.2) is 0 Å². The van der Waals surface area contributed by atoms with Crippen molar-refractivity contribution in [2.75, 3.05) is 6.54 Å². The van der Waals surface area contributed by atoms with Crippen LogP contribution in [0.2, 0.25) is 0 Å². The SMILES string of the molecule is CCCCCNC(=O)[C@]1(C)C2CC[C@]3(C)C(C(=O)C=C4C5[C@@H](C)[C@H](C)CC[C@]5(C)CC[C@]43C)[C@@]2(C)CC[C@H]1OC(C)=O. The van der Waals surface area contributed by atoms with Crippen molar-refractivity contribution in [3.05, 3.63) is 11.6 Å². The smallest absolute Gasteiger partial charge is 0.302 e. The number of hydrogen-bond donors (Lipinski definition) is 1. The zero-order valence-corrected chi connectivity index (χ0v) is 28.2. The number of rotatable bonds is 6. The second-order valence-electron chi connectivity index (χ2n) is 16.7. The third-order valence-corrected chi connectivity index (χ3v) is 14.6. The Morgan fingerprint density at radius 3 is 2.33 bits per heavy atom. The van der Waals surface area contributed by atoms with E-state index < -0.39 is 11.5 Å². The van der Waals surface area contributed by atoms with Crippen LogP contribution in [-0.4, -0.2) is 30.3 Å². The summed E-state index contributed by atoms with van der Waals surface area (Å²) in [5, 5.41) is 3.24. The van der Waals surface area contributed by atoms with Crippen molar-refractivity contribution >= 4 is 17.7 Å². The maximum atomic E-state index is 14.7. The molecular formula is C37H59NO4. The fraction of sp³-hybridized carbons (Fsp3) is 0.865. The molecule has 1 amide bonds. The van der Waals surface area contributed by atoms with Gasteiger partial charge in [0.2, 0.25) is 5.91 Å². The summed E-state index contributed by atoms with van der Waals surface area (Å²) < 4.78 is 5.94. The predicted molar refractivity (Wildman–Crippen MR) is 167 cm³/mol. The van der Waals surface area contributed by atoms with E-state index in [-0.39, 0.29) is 45.4 Å². The van der Waals surface area contributed by atoms with Crippen LogP contribution in [-0.2, 0) is 19.1 Å². The van der Waals surface area contributed by atoms with E-state index in [0.717, 1.165) is 44.9 Å². The van der Waals surface area contributed by atoms with Gasteiger partial charge in [0.05, 0.1) is 5.41 Å². The molecule has 5 aliphatic rings. The minimum Gasteiger partial charge on any atom is -0.461 e. The molecule has 4 saturated carbocycles. The van der Waals surface area contributed by atoms with Crippen LogP contribution in [0.15, 0.2) is 11.6 Å². The van der Waals surface area contributed by atoms with E-state index in [1.165, 1.54) is 31.8 Å². The molecule has 5 rings (SSSR count). The van der Waals surface area contributed by atoms with Gasteiger partial charge in [-0.3, -0.25) is 14.4 Å². The molecule has 0 aromatic rings. The number of amides is 1. The number of unbranched alkanes of at least 4 members (excludes halogenated alkanes) is 2. The second kappa shape index (κ2) is 10.8. The Morgan fingerprint density at radius 1 is 0.952 bits per heavy atom. The third kappa shape index (κ3) is 4.39. The molecule has 0 aliphatic heterocycles. The van der Waals surface area contributed by atoms with Gasteiger partial charge in [0, 0.05) is 19.4 Å². The molecule has 0 saturated heterocycles. The number of carbonyl (C=O) groups is 3. The standard InChI is InChI=1S/C37H59NO4/c1-10-11-12-21-38-32(41)37(9)28-14-18-36(8)31(34(28,6)17-15-29(37)42-25(4)39)27(40)22-26-30-24(3)23(2)13-16-33(30,5)19-20-35(26,36)7/h22-24,28-31H,10-21H2,1-9H3,(H,38,41)/t23-,24+,28?,29-,30?,31?,33-,34+,35-,36-,37-/m1/s1. The van der Waals surface area contributed by atoms with Crippen LogP contribution in [0.3, 0.4) is 0 Å². The van der Waals surface area contributed by atoms with Crippen molar-refractivity contribution in [2.45, 2.75) is 139 Å². The van der Waals surface area contributed by atoms with E-state index in [1.807, 2.05) is 6.92 Å². The van der Waals surface area contributed by atoms with E-state index in [2.05, 4.69) is 59.9 Å². The van der Waals surface area contributed by atoms with Crippen molar-refractivity contribution in [3.8, 4) is 0 Å². The van der Waals surface area contributed by atoms with Crippen LogP contribution < -0.4 is 5.32 Å². The van der Waals surface area contributed by atoms with E-state index in [9.17, 15) is 14.4 Å². The number of carbonyl (C=O) groups excluding carboxylic acids is 3. The van der Waals surface area contributed by atoms with E-state index in [0.29, 0.717) is 36.5 Å². The summed E-state index contributed by atoms with van der Waals surface area (Å²) in [6.45, 7) is 20.9. The first-order valence-electron chi connectivity index (χ1n) is 17.3. The van der Waals surface area contributed by atoms with Crippen LogP contribution in [0.5, 0.6) is 0 Å². The zero-order valence-electron chi connectivity index (χ0n) is 28.2. The molecule has 42 heavy (non-hydrogen) atoms. The largest absolute Gasteiger partial charge is 0.461 e. The topological polar surface area (TPSA) is 72.5 Å². The lowest BCUT2D eigenvalue weighted by Gasteiger charge is -2.70. The summed E-state index contributed by atoms with van der Waals surface area (Å²) in [5.41, 5.74) is 0.335. The molecule has 5 nitrogen and oxygen atoms in total. The minimum absolute atomic E-state index is 0.00599. The quantitative estimate of drug-likeness (QED) is 0.254. The molecule has 0 radical (unpaired) electrons. The Morgan fingerprint density at radius 2 is 1.67 bits per heavy atom. The summed E-state index contributed by atoms with van der Waals surface area (Å²) in [6, 6.07) is 0. The first-order chi connectivity index (χ1) is 19.6. The molecular weight excluding hydrogens is 522 g/mol. The molecule has 0 aromatic heterocycles. The Labute approximate surface area is 255 Å². The number of hydrogen-bond acceptors (Lipinski definition) is 4. The number of nitrogens with one attached hydrogen (secondary N) is 1. The summed E-state index contributed by atoms with van der Waals surface area (Å²) in [5.74, 6) is 1.51. The van der Waals surface area contributed by atoms with Crippen molar-refractivity contribution < 1.29 is 19.1 Å². The summed E-state index contributed by atoms with van der Waals surface area (Å²) in [4.78, 5) is 41.1. The number of ketones is 1. The van der Waals surface area contributed by atoms with Gasteiger partial charge in [-0.05, 0) is 116 Å².